The van der Waals surface area contributed by atoms with Gasteiger partial charge in [0.1, 0.15) is 0 Å². The summed E-state index contributed by atoms with van der Waals surface area (Å²) in [6.07, 6.45) is 3.19. The van der Waals surface area contributed by atoms with E-state index in [0.29, 0.717) is 10.0 Å². The molecule has 0 bridgehead atoms. The molecule has 2 N–H and O–H groups in total. The van der Waals surface area contributed by atoms with E-state index in [1.807, 2.05) is 12.1 Å². The van der Waals surface area contributed by atoms with Gasteiger partial charge in [0.2, 0.25) is 0 Å². The van der Waals surface area contributed by atoms with E-state index < -0.39 is 0 Å². The lowest BCUT2D eigenvalue weighted by molar-refractivity contribution is 0.254. The zero-order valence-corrected chi connectivity index (χ0v) is 8.70. The van der Waals surface area contributed by atoms with E-state index in [0.717, 1.165) is 18.4 Å². The molecule has 1 aromatic rings. The minimum atomic E-state index is -0.220. The summed E-state index contributed by atoms with van der Waals surface area (Å²) in [4.78, 5) is 0. The quantitative estimate of drug-likeness (QED) is 0.765. The summed E-state index contributed by atoms with van der Waals surface area (Å²) in [5.74, 6) is 0. The van der Waals surface area contributed by atoms with Gasteiger partial charge in [0.15, 0.2) is 0 Å². The second-order valence-electron chi connectivity index (χ2n) is 3.61. The van der Waals surface area contributed by atoms with Crippen LogP contribution in [0.2, 0.25) is 10.0 Å². The van der Waals surface area contributed by atoms with E-state index in [9.17, 15) is 0 Å². The second kappa shape index (κ2) is 3.16. The van der Waals surface area contributed by atoms with Gasteiger partial charge in [-0.15, -0.1) is 0 Å². The zero-order valence-electron chi connectivity index (χ0n) is 7.19. The third-order valence-corrected chi connectivity index (χ3v) is 3.55. The predicted octanol–water partition coefficient (Wildman–Crippen LogP) is 3.33. The van der Waals surface area contributed by atoms with Crippen molar-refractivity contribution in [3.05, 3.63) is 33.8 Å². The van der Waals surface area contributed by atoms with Gasteiger partial charge in [0.25, 0.3) is 0 Å². The molecule has 1 fully saturated rings. The average molecular weight is 216 g/mol. The molecule has 0 unspecified atom stereocenters. The van der Waals surface area contributed by atoms with Crippen molar-refractivity contribution in [2.45, 2.75) is 24.8 Å². The monoisotopic (exact) mass is 215 g/mol. The van der Waals surface area contributed by atoms with E-state index in [1.165, 1.54) is 6.42 Å². The lowest BCUT2D eigenvalue weighted by atomic mass is 9.73. The minimum Gasteiger partial charge on any atom is -0.321 e. The lowest BCUT2D eigenvalue weighted by Gasteiger charge is -2.39. The highest BCUT2D eigenvalue weighted by molar-refractivity contribution is 6.42. The molecule has 2 rings (SSSR count). The Morgan fingerprint density at radius 3 is 2.46 bits per heavy atom. The fourth-order valence-corrected chi connectivity index (χ4v) is 2.20. The molecule has 1 nitrogen and oxygen atoms in total. The molecular formula is C10H11Cl2N. The summed E-state index contributed by atoms with van der Waals surface area (Å²) in [6.45, 7) is 0. The number of rotatable bonds is 1. The van der Waals surface area contributed by atoms with Crippen LogP contribution in [0.4, 0.5) is 0 Å². The van der Waals surface area contributed by atoms with Crippen LogP contribution >= 0.6 is 23.2 Å². The van der Waals surface area contributed by atoms with Crippen molar-refractivity contribution in [2.75, 3.05) is 0 Å². The first-order valence-electron chi connectivity index (χ1n) is 4.37. The molecule has 0 atom stereocenters. The zero-order chi connectivity index (χ0) is 9.47. The van der Waals surface area contributed by atoms with Crippen molar-refractivity contribution in [1.82, 2.24) is 0 Å². The number of hydrogen-bond acceptors (Lipinski definition) is 1. The van der Waals surface area contributed by atoms with Crippen LogP contribution in [0.15, 0.2) is 18.2 Å². The number of hydrogen-bond donors (Lipinski definition) is 1. The van der Waals surface area contributed by atoms with Gasteiger partial charge in [-0.2, -0.15) is 0 Å². The summed E-state index contributed by atoms with van der Waals surface area (Å²) in [5, 5.41) is 1.21. The number of benzene rings is 1. The Morgan fingerprint density at radius 1 is 1.23 bits per heavy atom. The van der Waals surface area contributed by atoms with Gasteiger partial charge in [0.05, 0.1) is 10.0 Å². The first kappa shape index (κ1) is 9.32. The van der Waals surface area contributed by atoms with Crippen LogP contribution in [0, 0.1) is 0 Å². The van der Waals surface area contributed by atoms with E-state index in [-0.39, 0.29) is 5.54 Å². The molecule has 0 spiro atoms. The van der Waals surface area contributed by atoms with E-state index >= 15 is 0 Å². The summed E-state index contributed by atoms with van der Waals surface area (Å²) in [5.41, 5.74) is 6.92. The smallest absolute Gasteiger partial charge is 0.0642 e. The van der Waals surface area contributed by atoms with Crippen LogP contribution in [0.25, 0.3) is 0 Å². The Morgan fingerprint density at radius 2 is 1.92 bits per heavy atom. The summed E-state index contributed by atoms with van der Waals surface area (Å²) in [7, 11) is 0. The van der Waals surface area contributed by atoms with Gasteiger partial charge in [0, 0.05) is 5.54 Å². The Kier molecular flexibility index (Phi) is 2.26. The highest BCUT2D eigenvalue weighted by atomic mass is 35.5. The van der Waals surface area contributed by atoms with Crippen molar-refractivity contribution in [1.29, 1.82) is 0 Å². The minimum absolute atomic E-state index is 0.220. The molecule has 0 amide bonds. The second-order valence-corrected chi connectivity index (χ2v) is 4.40. The van der Waals surface area contributed by atoms with Crippen molar-refractivity contribution in [3.63, 3.8) is 0 Å². The topological polar surface area (TPSA) is 26.0 Å². The van der Waals surface area contributed by atoms with Crippen molar-refractivity contribution in [2.24, 2.45) is 5.73 Å². The first-order valence-corrected chi connectivity index (χ1v) is 5.12. The molecule has 13 heavy (non-hydrogen) atoms. The van der Waals surface area contributed by atoms with Crippen molar-refractivity contribution < 1.29 is 0 Å². The van der Waals surface area contributed by atoms with Crippen LogP contribution < -0.4 is 5.73 Å². The molecule has 70 valence electrons. The molecule has 1 aliphatic carbocycles. The molecule has 0 saturated heterocycles. The summed E-state index contributed by atoms with van der Waals surface area (Å²) in [6, 6.07) is 5.65. The highest BCUT2D eigenvalue weighted by Crippen LogP contribution is 2.43. The number of nitrogens with two attached hydrogens (primary N) is 1. The Bertz CT molecular complexity index is 332. The van der Waals surface area contributed by atoms with Crippen LogP contribution in [0.5, 0.6) is 0 Å². The third-order valence-electron chi connectivity index (χ3n) is 2.73. The van der Waals surface area contributed by atoms with Gasteiger partial charge < -0.3 is 5.73 Å². The van der Waals surface area contributed by atoms with E-state index in [4.69, 9.17) is 28.9 Å². The van der Waals surface area contributed by atoms with Gasteiger partial charge >= 0.3 is 0 Å². The maximum atomic E-state index is 6.15. The lowest BCUT2D eigenvalue weighted by Crippen LogP contribution is -2.43. The SMILES string of the molecule is NC1(c2cccc(Cl)c2Cl)CCC1. The highest BCUT2D eigenvalue weighted by Gasteiger charge is 2.36. The molecule has 0 aliphatic heterocycles. The van der Waals surface area contributed by atoms with Gasteiger partial charge in [-0.1, -0.05) is 35.3 Å². The Labute approximate surface area is 87.8 Å². The molecule has 1 aromatic carbocycles. The third kappa shape index (κ3) is 1.45. The Balaban J connectivity index is 2.45. The summed E-state index contributed by atoms with van der Waals surface area (Å²) >= 11 is 12.0. The molecule has 0 heterocycles. The molecule has 3 heteroatoms. The number of halogens is 2. The molecule has 0 aromatic heterocycles. The largest absolute Gasteiger partial charge is 0.321 e. The molecule has 1 saturated carbocycles. The fourth-order valence-electron chi connectivity index (χ4n) is 1.72. The first-order chi connectivity index (χ1) is 6.13. The van der Waals surface area contributed by atoms with Crippen LogP contribution in [-0.2, 0) is 5.54 Å². The maximum absolute atomic E-state index is 6.15. The standard InChI is InChI=1S/C10H11Cl2N/c11-8-4-1-3-7(9(8)12)10(13)5-2-6-10/h1,3-4H,2,5-6,13H2. The normalized spacial score (nSPS) is 19.6. The maximum Gasteiger partial charge on any atom is 0.0642 e. The van der Waals surface area contributed by atoms with Crippen LogP contribution in [-0.4, -0.2) is 0 Å². The van der Waals surface area contributed by atoms with Gasteiger partial charge in [-0.3, -0.25) is 0 Å². The molecular weight excluding hydrogens is 205 g/mol. The van der Waals surface area contributed by atoms with Crippen LogP contribution in [0.3, 0.4) is 0 Å². The fraction of sp³-hybridized carbons (Fsp3) is 0.400. The van der Waals surface area contributed by atoms with Crippen LogP contribution in [0.1, 0.15) is 24.8 Å². The van der Waals surface area contributed by atoms with Gasteiger partial charge in [-0.25, -0.2) is 0 Å². The van der Waals surface area contributed by atoms with Gasteiger partial charge in [-0.05, 0) is 30.9 Å². The Hall–Kier alpha value is -0.240. The average Bonchev–Trinajstić information content (AvgIpc) is 2.06. The summed E-state index contributed by atoms with van der Waals surface area (Å²) < 4.78 is 0. The van der Waals surface area contributed by atoms with Crippen molar-refractivity contribution in [3.8, 4) is 0 Å². The molecule has 1 aliphatic rings. The molecule has 0 radical (unpaired) electrons. The predicted molar refractivity (Wildman–Crippen MR) is 56.2 cm³/mol. The van der Waals surface area contributed by atoms with E-state index in [2.05, 4.69) is 0 Å². The van der Waals surface area contributed by atoms with E-state index in [1.54, 1.807) is 6.07 Å². The van der Waals surface area contributed by atoms with Crippen molar-refractivity contribution >= 4 is 23.2 Å².